The predicted molar refractivity (Wildman–Crippen MR) is 69.4 cm³/mol. The zero-order chi connectivity index (χ0) is 13.3. The maximum Gasteiger partial charge on any atom is 0.421 e. The van der Waals surface area contributed by atoms with E-state index in [4.69, 9.17) is 0 Å². The lowest BCUT2D eigenvalue weighted by Crippen LogP contribution is -2.42. The van der Waals surface area contributed by atoms with Gasteiger partial charge in [-0.3, -0.25) is 0 Å². The van der Waals surface area contributed by atoms with Gasteiger partial charge in [0.2, 0.25) is 0 Å². The summed E-state index contributed by atoms with van der Waals surface area (Å²) < 4.78 is 30.6. The fourth-order valence-electron chi connectivity index (χ4n) is 1.07. The van der Waals surface area contributed by atoms with E-state index in [-0.39, 0.29) is 6.61 Å². The standard InChI is InChI=1S/C9H19BrN2O4S/c1-3-16-9(13)11-17(14,15)12(2)8-6-4-5-7-10/h3-8H2,1-2H3,(H,11,13). The Labute approximate surface area is 111 Å². The molecule has 0 aromatic carbocycles. The first-order valence-electron chi connectivity index (χ1n) is 5.40. The highest BCUT2D eigenvalue weighted by Crippen LogP contribution is 2.02. The molecule has 8 heteroatoms. The molecule has 0 spiro atoms. The molecule has 102 valence electrons. The fraction of sp³-hybridized carbons (Fsp3) is 0.889. The molecule has 6 nitrogen and oxygen atoms in total. The lowest BCUT2D eigenvalue weighted by atomic mass is 10.2. The maximum atomic E-state index is 11.6. The van der Waals surface area contributed by atoms with E-state index < -0.39 is 16.3 Å². The summed E-state index contributed by atoms with van der Waals surface area (Å²) in [4.78, 5) is 11.0. The van der Waals surface area contributed by atoms with Gasteiger partial charge in [0, 0.05) is 18.9 Å². The summed E-state index contributed by atoms with van der Waals surface area (Å²) in [6.45, 7) is 2.12. The molecule has 0 unspecified atom stereocenters. The summed E-state index contributed by atoms with van der Waals surface area (Å²) in [7, 11) is -2.35. The normalized spacial score (nSPS) is 11.5. The SMILES string of the molecule is CCOC(=O)NS(=O)(=O)N(C)CCCCCBr. The van der Waals surface area contributed by atoms with Gasteiger partial charge in [0.25, 0.3) is 0 Å². The average Bonchev–Trinajstić information content (AvgIpc) is 2.23. The smallest absolute Gasteiger partial charge is 0.421 e. The molecule has 0 rings (SSSR count). The van der Waals surface area contributed by atoms with Crippen molar-refractivity contribution < 1.29 is 17.9 Å². The molecule has 0 bridgehead atoms. The third-order valence-corrected chi connectivity index (χ3v) is 3.99. The van der Waals surface area contributed by atoms with Gasteiger partial charge in [-0.1, -0.05) is 22.4 Å². The number of amides is 1. The van der Waals surface area contributed by atoms with E-state index in [2.05, 4.69) is 20.7 Å². The molecular weight excluding hydrogens is 312 g/mol. The van der Waals surface area contributed by atoms with Crippen LogP contribution in [-0.4, -0.2) is 44.3 Å². The zero-order valence-corrected chi connectivity index (χ0v) is 12.5. The van der Waals surface area contributed by atoms with Gasteiger partial charge in [-0.25, -0.2) is 9.52 Å². The van der Waals surface area contributed by atoms with Gasteiger partial charge in [-0.2, -0.15) is 12.7 Å². The molecule has 0 aromatic heterocycles. The average molecular weight is 331 g/mol. The molecule has 0 saturated carbocycles. The first-order chi connectivity index (χ1) is 7.94. The molecule has 0 aliphatic carbocycles. The topological polar surface area (TPSA) is 75.7 Å². The molecule has 17 heavy (non-hydrogen) atoms. The van der Waals surface area contributed by atoms with Crippen LogP contribution in [0.15, 0.2) is 0 Å². The number of nitrogens with zero attached hydrogens (tertiary/aromatic N) is 1. The molecule has 0 heterocycles. The van der Waals surface area contributed by atoms with Crippen LogP contribution in [0.25, 0.3) is 0 Å². The summed E-state index contributed by atoms with van der Waals surface area (Å²) in [6.07, 6.45) is 1.75. The Kier molecular flexibility index (Phi) is 8.53. The quantitative estimate of drug-likeness (QED) is 0.540. The van der Waals surface area contributed by atoms with Gasteiger partial charge >= 0.3 is 16.3 Å². The number of ether oxygens (including phenoxy) is 1. The molecule has 0 aromatic rings. The summed E-state index contributed by atoms with van der Waals surface area (Å²) in [5, 5.41) is 0.907. The number of unbranched alkanes of at least 4 members (excludes halogenated alkanes) is 2. The molecule has 0 aliphatic rings. The number of halogens is 1. The monoisotopic (exact) mass is 330 g/mol. The van der Waals surface area contributed by atoms with Crippen LogP contribution in [0.2, 0.25) is 0 Å². The lowest BCUT2D eigenvalue weighted by molar-refractivity contribution is 0.158. The molecule has 0 aliphatic heterocycles. The summed E-state index contributed by atoms with van der Waals surface area (Å²) in [5.74, 6) is 0. The molecule has 0 fully saturated rings. The van der Waals surface area contributed by atoms with Crippen LogP contribution in [0.4, 0.5) is 4.79 Å². The molecule has 1 amide bonds. The number of alkyl halides is 1. The number of rotatable bonds is 8. The van der Waals surface area contributed by atoms with Crippen LogP contribution >= 0.6 is 15.9 Å². The molecule has 0 atom stereocenters. The van der Waals surface area contributed by atoms with Gasteiger partial charge < -0.3 is 4.74 Å². The van der Waals surface area contributed by atoms with E-state index in [0.29, 0.717) is 6.54 Å². The minimum absolute atomic E-state index is 0.135. The Hall–Kier alpha value is -0.340. The highest BCUT2D eigenvalue weighted by molar-refractivity contribution is 9.09. The van der Waals surface area contributed by atoms with Gasteiger partial charge in [0.1, 0.15) is 0 Å². The van der Waals surface area contributed by atoms with Gasteiger partial charge in [-0.05, 0) is 19.8 Å². The van der Waals surface area contributed by atoms with Crippen LogP contribution in [0.5, 0.6) is 0 Å². The Morgan fingerprint density at radius 1 is 1.35 bits per heavy atom. The number of carbonyl (C=O) groups is 1. The van der Waals surface area contributed by atoms with E-state index in [0.717, 1.165) is 28.9 Å². The van der Waals surface area contributed by atoms with Crippen molar-refractivity contribution in [2.45, 2.75) is 26.2 Å². The minimum Gasteiger partial charge on any atom is -0.449 e. The van der Waals surface area contributed by atoms with Crippen molar-refractivity contribution in [3.05, 3.63) is 0 Å². The highest BCUT2D eigenvalue weighted by Gasteiger charge is 2.20. The Balaban J connectivity index is 4.07. The van der Waals surface area contributed by atoms with Gasteiger partial charge in [0.05, 0.1) is 6.61 Å². The molecule has 1 N–H and O–H groups in total. The summed E-state index contributed by atoms with van der Waals surface area (Å²) in [5.41, 5.74) is 0. The van der Waals surface area contributed by atoms with E-state index in [1.807, 2.05) is 4.72 Å². The number of carbonyl (C=O) groups excluding carboxylic acids is 1. The third kappa shape index (κ3) is 7.56. The second-order valence-corrected chi connectivity index (χ2v) is 5.97. The van der Waals surface area contributed by atoms with E-state index in [1.54, 1.807) is 6.92 Å². The van der Waals surface area contributed by atoms with Crippen LogP contribution in [-0.2, 0) is 14.9 Å². The largest absolute Gasteiger partial charge is 0.449 e. The predicted octanol–water partition coefficient (Wildman–Crippen LogP) is 1.47. The zero-order valence-electron chi connectivity index (χ0n) is 10.1. The van der Waals surface area contributed by atoms with E-state index >= 15 is 0 Å². The van der Waals surface area contributed by atoms with Crippen molar-refractivity contribution in [2.24, 2.45) is 0 Å². The Morgan fingerprint density at radius 2 is 2.00 bits per heavy atom. The van der Waals surface area contributed by atoms with Crippen molar-refractivity contribution in [3.8, 4) is 0 Å². The number of hydrogen-bond donors (Lipinski definition) is 1. The fourth-order valence-corrected chi connectivity index (χ4v) is 2.26. The van der Waals surface area contributed by atoms with Crippen molar-refractivity contribution in [2.75, 3.05) is 25.5 Å². The summed E-state index contributed by atoms with van der Waals surface area (Å²) >= 11 is 3.30. The van der Waals surface area contributed by atoms with E-state index in [1.165, 1.54) is 7.05 Å². The first kappa shape index (κ1) is 16.7. The number of hydrogen-bond acceptors (Lipinski definition) is 4. The molecule has 0 saturated heterocycles. The second kappa shape index (κ2) is 8.71. The van der Waals surface area contributed by atoms with Crippen LogP contribution in [0.3, 0.4) is 0 Å². The van der Waals surface area contributed by atoms with Gasteiger partial charge in [-0.15, -0.1) is 0 Å². The minimum atomic E-state index is -3.77. The van der Waals surface area contributed by atoms with Crippen molar-refractivity contribution in [1.29, 1.82) is 0 Å². The lowest BCUT2D eigenvalue weighted by Gasteiger charge is -2.16. The van der Waals surface area contributed by atoms with Crippen LogP contribution < -0.4 is 4.72 Å². The first-order valence-corrected chi connectivity index (χ1v) is 7.97. The third-order valence-electron chi connectivity index (χ3n) is 2.00. The Morgan fingerprint density at radius 3 is 2.53 bits per heavy atom. The molecule has 0 radical (unpaired) electrons. The van der Waals surface area contributed by atoms with Gasteiger partial charge in [0.15, 0.2) is 0 Å². The Bertz CT molecular complexity index is 321. The van der Waals surface area contributed by atoms with E-state index in [9.17, 15) is 13.2 Å². The maximum absolute atomic E-state index is 11.6. The number of nitrogens with one attached hydrogen (secondary N) is 1. The van der Waals surface area contributed by atoms with Crippen molar-refractivity contribution >= 4 is 32.2 Å². The van der Waals surface area contributed by atoms with Crippen LogP contribution in [0.1, 0.15) is 26.2 Å². The van der Waals surface area contributed by atoms with Crippen LogP contribution in [0, 0.1) is 0 Å². The van der Waals surface area contributed by atoms with Crippen molar-refractivity contribution in [3.63, 3.8) is 0 Å². The summed E-state index contributed by atoms with van der Waals surface area (Å²) in [6, 6.07) is 0. The highest BCUT2D eigenvalue weighted by atomic mass is 79.9. The van der Waals surface area contributed by atoms with Crippen molar-refractivity contribution in [1.82, 2.24) is 9.03 Å². The second-order valence-electron chi connectivity index (χ2n) is 3.40. The molecular formula is C9H19BrN2O4S.